The summed E-state index contributed by atoms with van der Waals surface area (Å²) in [5, 5.41) is 10.6. The second kappa shape index (κ2) is 11.0. The summed E-state index contributed by atoms with van der Waals surface area (Å²) in [5.41, 5.74) is 2.23. The highest BCUT2D eigenvalue weighted by atomic mass is 16.6. The standard InChI is InChI=1S/C26H40N2O5/c1-18-16-21(24(30)32-5)7-6-20(18)8-11-23(29)27-14-12-19(13-15-27)17-28(22-9-10-22)25(31)33-26(2,3)4/h6-7,16,19,22,25,31H,8-15,17H2,1-5H3. The number of aliphatic hydroxyl groups is 1. The van der Waals surface area contributed by atoms with Crippen LogP contribution in [-0.4, -0.2) is 71.6 Å². The minimum atomic E-state index is -0.869. The number of benzene rings is 1. The molecular formula is C26H40N2O5. The molecule has 2 fully saturated rings. The van der Waals surface area contributed by atoms with Crippen LogP contribution in [0.5, 0.6) is 0 Å². The Balaban J connectivity index is 1.45. The van der Waals surface area contributed by atoms with Crippen molar-refractivity contribution in [2.75, 3.05) is 26.7 Å². The fourth-order valence-electron chi connectivity index (χ4n) is 4.49. The Morgan fingerprint density at radius 1 is 1.18 bits per heavy atom. The molecule has 184 valence electrons. The molecule has 1 aliphatic heterocycles. The predicted molar refractivity (Wildman–Crippen MR) is 127 cm³/mol. The topological polar surface area (TPSA) is 79.3 Å². The number of esters is 1. The number of aliphatic hydroxyl groups excluding tert-OH is 1. The van der Waals surface area contributed by atoms with E-state index in [-0.39, 0.29) is 17.5 Å². The van der Waals surface area contributed by atoms with Crippen molar-refractivity contribution in [2.24, 2.45) is 5.92 Å². The first-order valence-corrected chi connectivity index (χ1v) is 12.1. The van der Waals surface area contributed by atoms with Gasteiger partial charge in [0.1, 0.15) is 0 Å². The second-order valence-corrected chi connectivity index (χ2v) is 10.4. The number of methoxy groups -OCH3 is 1. The Labute approximate surface area is 198 Å². The van der Waals surface area contributed by atoms with E-state index in [0.717, 1.165) is 56.4 Å². The molecule has 0 bridgehead atoms. The van der Waals surface area contributed by atoms with Crippen molar-refractivity contribution < 1.29 is 24.2 Å². The Bertz CT molecular complexity index is 822. The van der Waals surface area contributed by atoms with Crippen LogP contribution in [0.25, 0.3) is 0 Å². The van der Waals surface area contributed by atoms with Crippen LogP contribution in [0, 0.1) is 12.8 Å². The van der Waals surface area contributed by atoms with E-state index in [9.17, 15) is 14.7 Å². The van der Waals surface area contributed by atoms with Gasteiger partial charge in [0.25, 0.3) is 0 Å². The van der Waals surface area contributed by atoms with Crippen LogP contribution in [0.3, 0.4) is 0 Å². The van der Waals surface area contributed by atoms with Crippen LogP contribution < -0.4 is 0 Å². The maximum atomic E-state index is 12.8. The van der Waals surface area contributed by atoms with Crippen molar-refractivity contribution in [1.82, 2.24) is 9.80 Å². The van der Waals surface area contributed by atoms with Gasteiger partial charge in [-0.2, -0.15) is 0 Å². The molecule has 0 radical (unpaired) electrons. The zero-order valence-electron chi connectivity index (χ0n) is 20.8. The molecule has 1 saturated heterocycles. The zero-order chi connectivity index (χ0) is 24.2. The summed E-state index contributed by atoms with van der Waals surface area (Å²) in [5.74, 6) is 0.294. The van der Waals surface area contributed by atoms with Gasteiger partial charge in [0.05, 0.1) is 18.3 Å². The number of amides is 1. The van der Waals surface area contributed by atoms with Gasteiger partial charge in [-0.3, -0.25) is 9.69 Å². The van der Waals surface area contributed by atoms with E-state index < -0.39 is 6.41 Å². The Morgan fingerprint density at radius 2 is 1.85 bits per heavy atom. The van der Waals surface area contributed by atoms with Crippen molar-refractivity contribution in [3.05, 3.63) is 34.9 Å². The molecule has 1 unspecified atom stereocenters. The Hall–Kier alpha value is -1.96. The number of nitrogens with zero attached hydrogens (tertiary/aromatic N) is 2. The molecule has 1 aromatic rings. The third kappa shape index (κ3) is 7.52. The summed E-state index contributed by atoms with van der Waals surface area (Å²) in [6.45, 7) is 10.2. The normalized spacial score (nSPS) is 18.5. The van der Waals surface area contributed by atoms with Gasteiger partial charge in [-0.1, -0.05) is 6.07 Å². The number of hydrogen-bond acceptors (Lipinski definition) is 6. The van der Waals surface area contributed by atoms with E-state index in [2.05, 4.69) is 4.90 Å². The molecule has 0 aromatic heterocycles. The smallest absolute Gasteiger partial charge is 0.337 e. The van der Waals surface area contributed by atoms with Crippen molar-refractivity contribution in [2.45, 2.75) is 84.3 Å². The van der Waals surface area contributed by atoms with Crippen molar-refractivity contribution in [1.29, 1.82) is 0 Å². The highest BCUT2D eigenvalue weighted by molar-refractivity contribution is 5.89. The molecule has 1 atom stereocenters. The largest absolute Gasteiger partial charge is 0.465 e. The van der Waals surface area contributed by atoms with Crippen molar-refractivity contribution in [3.8, 4) is 0 Å². The summed E-state index contributed by atoms with van der Waals surface area (Å²) in [6.07, 6.45) is 4.39. The SMILES string of the molecule is COC(=O)c1ccc(CCC(=O)N2CCC(CN(C3CC3)C(O)OC(C)(C)C)CC2)c(C)c1. The number of piperidine rings is 1. The molecule has 7 heteroatoms. The van der Waals surface area contributed by atoms with Crippen molar-refractivity contribution >= 4 is 11.9 Å². The summed E-state index contributed by atoms with van der Waals surface area (Å²) in [6, 6.07) is 5.91. The van der Waals surface area contributed by atoms with Gasteiger partial charge in [-0.15, -0.1) is 0 Å². The first-order chi connectivity index (χ1) is 15.6. The number of carbonyl (C=O) groups is 2. The van der Waals surface area contributed by atoms with E-state index in [1.54, 1.807) is 6.07 Å². The number of aryl methyl sites for hydroxylation is 2. The first-order valence-electron chi connectivity index (χ1n) is 12.1. The predicted octanol–water partition coefficient (Wildman–Crippen LogP) is 3.51. The molecule has 0 spiro atoms. The lowest BCUT2D eigenvalue weighted by atomic mass is 9.95. The molecule has 2 aliphatic rings. The minimum Gasteiger partial charge on any atom is -0.465 e. The summed E-state index contributed by atoms with van der Waals surface area (Å²) in [7, 11) is 1.37. The van der Waals surface area contributed by atoms with Gasteiger partial charge in [0.2, 0.25) is 12.3 Å². The van der Waals surface area contributed by atoms with E-state index in [1.807, 2.05) is 44.7 Å². The highest BCUT2D eigenvalue weighted by Gasteiger charge is 2.37. The van der Waals surface area contributed by atoms with Crippen LogP contribution in [0.15, 0.2) is 18.2 Å². The highest BCUT2D eigenvalue weighted by Crippen LogP contribution is 2.32. The van der Waals surface area contributed by atoms with Gasteiger partial charge >= 0.3 is 5.97 Å². The molecule has 1 N–H and O–H groups in total. The molecular weight excluding hydrogens is 420 g/mol. The number of carbonyl (C=O) groups excluding carboxylic acids is 2. The zero-order valence-corrected chi connectivity index (χ0v) is 20.8. The van der Waals surface area contributed by atoms with Crippen LogP contribution in [0.4, 0.5) is 0 Å². The third-order valence-corrected chi connectivity index (χ3v) is 6.57. The maximum absolute atomic E-state index is 12.8. The fourth-order valence-corrected chi connectivity index (χ4v) is 4.49. The van der Waals surface area contributed by atoms with E-state index >= 15 is 0 Å². The summed E-state index contributed by atoms with van der Waals surface area (Å²) >= 11 is 0. The van der Waals surface area contributed by atoms with Gasteiger partial charge < -0.3 is 19.5 Å². The number of hydrogen-bond donors (Lipinski definition) is 1. The lowest BCUT2D eigenvalue weighted by molar-refractivity contribution is -0.244. The van der Waals surface area contributed by atoms with Crippen LogP contribution in [-0.2, 0) is 20.7 Å². The molecule has 33 heavy (non-hydrogen) atoms. The molecule has 1 aromatic carbocycles. The monoisotopic (exact) mass is 460 g/mol. The van der Waals surface area contributed by atoms with Gasteiger partial charge in [0.15, 0.2) is 0 Å². The van der Waals surface area contributed by atoms with E-state index in [4.69, 9.17) is 9.47 Å². The number of rotatable bonds is 9. The summed E-state index contributed by atoms with van der Waals surface area (Å²) < 4.78 is 10.6. The van der Waals surface area contributed by atoms with Crippen LogP contribution in [0.1, 0.15) is 74.4 Å². The quantitative estimate of drug-likeness (QED) is 0.449. The molecule has 1 amide bonds. The average Bonchev–Trinajstić information content (AvgIpc) is 3.60. The van der Waals surface area contributed by atoms with Gasteiger partial charge in [-0.05, 0) is 89.0 Å². The Morgan fingerprint density at radius 3 is 2.39 bits per heavy atom. The summed E-state index contributed by atoms with van der Waals surface area (Å²) in [4.78, 5) is 28.5. The third-order valence-electron chi connectivity index (χ3n) is 6.57. The lowest BCUT2D eigenvalue weighted by Gasteiger charge is -2.38. The van der Waals surface area contributed by atoms with E-state index in [1.165, 1.54) is 7.11 Å². The van der Waals surface area contributed by atoms with Gasteiger partial charge in [0, 0.05) is 32.1 Å². The molecule has 7 nitrogen and oxygen atoms in total. The van der Waals surface area contributed by atoms with Crippen LogP contribution in [0.2, 0.25) is 0 Å². The first kappa shape index (κ1) is 25.7. The van der Waals surface area contributed by atoms with Gasteiger partial charge in [-0.25, -0.2) is 4.79 Å². The van der Waals surface area contributed by atoms with Crippen LogP contribution >= 0.6 is 0 Å². The number of ether oxygens (including phenoxy) is 2. The van der Waals surface area contributed by atoms with E-state index in [0.29, 0.717) is 30.4 Å². The second-order valence-electron chi connectivity index (χ2n) is 10.4. The average molecular weight is 461 g/mol. The molecule has 1 heterocycles. The maximum Gasteiger partial charge on any atom is 0.337 e. The lowest BCUT2D eigenvalue weighted by Crippen LogP contribution is -2.47. The molecule has 1 aliphatic carbocycles. The molecule has 1 saturated carbocycles. The minimum absolute atomic E-state index is 0.181. The fraction of sp³-hybridized carbons (Fsp3) is 0.692. The molecule has 3 rings (SSSR count). The van der Waals surface area contributed by atoms with Crippen molar-refractivity contribution in [3.63, 3.8) is 0 Å². The number of likely N-dealkylation sites (tertiary alicyclic amines) is 1. The Kier molecular flexibility index (Phi) is 8.54.